The van der Waals surface area contributed by atoms with Crippen molar-refractivity contribution in [3.63, 3.8) is 0 Å². The number of carbonyl (C=O) groups excluding carboxylic acids is 1. The second-order valence-corrected chi connectivity index (χ2v) is 4.95. The number of aromatic nitrogens is 4. The van der Waals surface area contributed by atoms with Gasteiger partial charge in [-0.25, -0.2) is 23.9 Å². The van der Waals surface area contributed by atoms with Crippen molar-refractivity contribution < 1.29 is 14.1 Å². The summed E-state index contributed by atoms with van der Waals surface area (Å²) in [6, 6.07) is 1.83. The van der Waals surface area contributed by atoms with Crippen molar-refractivity contribution in [2.45, 2.75) is 13.0 Å². The zero-order chi connectivity index (χ0) is 15.2. The first-order valence-electron chi connectivity index (χ1n) is 6.70. The van der Waals surface area contributed by atoms with Crippen molar-refractivity contribution in [2.75, 3.05) is 25.6 Å². The van der Waals surface area contributed by atoms with Crippen molar-refractivity contribution in [1.82, 2.24) is 14.5 Å². The summed E-state index contributed by atoms with van der Waals surface area (Å²) in [6.45, 7) is 0.489. The Balaban J connectivity index is 1.78. The molecule has 0 unspecified atom stereocenters. The number of carbonyl (C=O) groups is 1. The molecule has 2 aromatic heterocycles. The molecule has 0 amide bonds. The molecule has 0 aromatic carbocycles. The van der Waals surface area contributed by atoms with Crippen LogP contribution in [-0.2, 0) is 29.5 Å². The Morgan fingerprint density at radius 1 is 1.48 bits per heavy atom. The van der Waals surface area contributed by atoms with Gasteiger partial charge in [0.2, 0.25) is 6.33 Å². The van der Waals surface area contributed by atoms with Gasteiger partial charge in [0.15, 0.2) is 6.54 Å². The maximum Gasteiger partial charge on any atom is 0.348 e. The van der Waals surface area contributed by atoms with Gasteiger partial charge in [0.25, 0.3) is 0 Å². The van der Waals surface area contributed by atoms with E-state index >= 15 is 0 Å². The van der Waals surface area contributed by atoms with Crippen molar-refractivity contribution in [1.29, 1.82) is 0 Å². The number of nitrogens with zero attached hydrogens (tertiary/aromatic N) is 5. The van der Waals surface area contributed by atoms with Gasteiger partial charge in [-0.1, -0.05) is 0 Å². The second kappa shape index (κ2) is 6.83. The molecule has 0 fully saturated rings. The Hall–Kier alpha value is -2.44. The molecule has 7 heteroatoms. The molecule has 7 nitrogen and oxygen atoms in total. The fourth-order valence-corrected chi connectivity index (χ4v) is 1.80. The summed E-state index contributed by atoms with van der Waals surface area (Å²) in [5.41, 5.74) is 0. The molecule has 2 rings (SSSR count). The normalized spacial score (nSPS) is 10.4. The van der Waals surface area contributed by atoms with Gasteiger partial charge in [-0.2, -0.15) is 0 Å². The van der Waals surface area contributed by atoms with Crippen LogP contribution in [-0.4, -0.2) is 41.2 Å². The third-order valence-corrected chi connectivity index (χ3v) is 2.87. The number of imidazole rings is 1. The lowest BCUT2D eigenvalue weighted by Gasteiger charge is -2.11. The first kappa shape index (κ1) is 15.0. The van der Waals surface area contributed by atoms with Gasteiger partial charge in [0, 0.05) is 26.7 Å². The Morgan fingerprint density at radius 3 is 2.95 bits per heavy atom. The standard InChI is InChI=1S/C14H20N5O2/c1-17(2)13-4-6-15-12(16-13)5-9-21-14(20)10-19-8-7-18(3)11-19/h4,6-8,11H,5,9-10H2,1-3H3/q+1. The Labute approximate surface area is 123 Å². The van der Waals surface area contributed by atoms with Crippen molar-refractivity contribution in [2.24, 2.45) is 7.05 Å². The highest BCUT2D eigenvalue weighted by atomic mass is 16.5. The van der Waals surface area contributed by atoms with Gasteiger partial charge >= 0.3 is 5.97 Å². The van der Waals surface area contributed by atoms with Gasteiger partial charge in [-0.05, 0) is 6.07 Å². The lowest BCUT2D eigenvalue weighted by Crippen LogP contribution is -2.24. The van der Waals surface area contributed by atoms with E-state index in [-0.39, 0.29) is 19.1 Å². The molecule has 0 saturated carbocycles. The predicted octanol–water partition coefficient (Wildman–Crippen LogP) is -0.0455. The molecule has 0 N–H and O–H groups in total. The fourth-order valence-electron chi connectivity index (χ4n) is 1.80. The lowest BCUT2D eigenvalue weighted by molar-refractivity contribution is -0.671. The van der Waals surface area contributed by atoms with Gasteiger partial charge in [-0.15, -0.1) is 0 Å². The largest absolute Gasteiger partial charge is 0.462 e. The van der Waals surface area contributed by atoms with Crippen LogP contribution in [0.2, 0.25) is 0 Å². The molecule has 0 radical (unpaired) electrons. The minimum Gasteiger partial charge on any atom is -0.462 e. The molecule has 0 aliphatic rings. The number of rotatable bonds is 6. The SMILES string of the molecule is CN(C)c1ccnc(CCOC(=O)Cn2cc[n+](C)c2)n1. The lowest BCUT2D eigenvalue weighted by atomic mass is 10.4. The number of hydrogen-bond acceptors (Lipinski definition) is 5. The van der Waals surface area contributed by atoms with Crippen molar-refractivity contribution in [3.8, 4) is 0 Å². The molecule has 0 aliphatic carbocycles. The molecule has 112 valence electrons. The van der Waals surface area contributed by atoms with Gasteiger partial charge < -0.3 is 9.64 Å². The number of hydrogen-bond donors (Lipinski definition) is 0. The van der Waals surface area contributed by atoms with Crippen LogP contribution in [0.1, 0.15) is 5.82 Å². The summed E-state index contributed by atoms with van der Waals surface area (Å²) in [6.07, 6.45) is 7.73. The van der Waals surface area contributed by atoms with Crippen LogP contribution in [0.25, 0.3) is 0 Å². The zero-order valence-corrected chi connectivity index (χ0v) is 12.6. The van der Waals surface area contributed by atoms with E-state index in [2.05, 4.69) is 9.97 Å². The van der Waals surface area contributed by atoms with Crippen LogP contribution in [0.3, 0.4) is 0 Å². The van der Waals surface area contributed by atoms with Crippen LogP contribution >= 0.6 is 0 Å². The van der Waals surface area contributed by atoms with Crippen molar-refractivity contribution >= 4 is 11.8 Å². The van der Waals surface area contributed by atoms with Crippen LogP contribution in [0, 0.1) is 0 Å². The van der Waals surface area contributed by atoms with Crippen LogP contribution < -0.4 is 9.47 Å². The molecule has 0 spiro atoms. The summed E-state index contributed by atoms with van der Waals surface area (Å²) < 4.78 is 8.84. The highest BCUT2D eigenvalue weighted by molar-refractivity contribution is 5.69. The van der Waals surface area contributed by atoms with Crippen LogP contribution in [0.5, 0.6) is 0 Å². The van der Waals surface area contributed by atoms with Crippen LogP contribution in [0.15, 0.2) is 31.0 Å². The van der Waals surface area contributed by atoms with Gasteiger partial charge in [-0.3, -0.25) is 0 Å². The Kier molecular flexibility index (Phi) is 4.86. The third kappa shape index (κ3) is 4.55. The average Bonchev–Trinajstić information content (AvgIpc) is 2.84. The quantitative estimate of drug-likeness (QED) is 0.551. The predicted molar refractivity (Wildman–Crippen MR) is 76.6 cm³/mol. The highest BCUT2D eigenvalue weighted by Crippen LogP contribution is 2.05. The molecule has 0 bridgehead atoms. The van der Waals surface area contributed by atoms with E-state index in [0.29, 0.717) is 12.2 Å². The Morgan fingerprint density at radius 2 is 2.29 bits per heavy atom. The van der Waals surface area contributed by atoms with Gasteiger partial charge in [0.1, 0.15) is 24.0 Å². The number of esters is 1. The Bertz CT molecular complexity index is 609. The first-order chi connectivity index (χ1) is 10.0. The maximum atomic E-state index is 11.7. The van der Waals surface area contributed by atoms with E-state index in [9.17, 15) is 4.79 Å². The van der Waals surface area contributed by atoms with E-state index in [1.807, 2.05) is 55.4 Å². The molecule has 2 aromatic rings. The molecule has 0 saturated heterocycles. The number of ether oxygens (including phenoxy) is 1. The fraction of sp³-hybridized carbons (Fsp3) is 0.429. The van der Waals surface area contributed by atoms with Crippen LogP contribution in [0.4, 0.5) is 5.82 Å². The number of anilines is 1. The zero-order valence-electron chi connectivity index (χ0n) is 12.6. The van der Waals surface area contributed by atoms with Gasteiger partial charge in [0.05, 0.1) is 13.7 Å². The average molecular weight is 290 g/mol. The van der Waals surface area contributed by atoms with E-state index < -0.39 is 0 Å². The summed E-state index contributed by atoms with van der Waals surface area (Å²) in [7, 11) is 5.74. The van der Waals surface area contributed by atoms with Crippen molar-refractivity contribution in [3.05, 3.63) is 36.8 Å². The molecule has 0 aliphatic heterocycles. The first-order valence-corrected chi connectivity index (χ1v) is 6.70. The van der Waals surface area contributed by atoms with E-state index in [1.165, 1.54) is 0 Å². The molecular weight excluding hydrogens is 270 g/mol. The molecule has 0 atom stereocenters. The van der Waals surface area contributed by atoms with E-state index in [0.717, 1.165) is 5.82 Å². The summed E-state index contributed by atoms with van der Waals surface area (Å²) >= 11 is 0. The van der Waals surface area contributed by atoms with E-state index in [4.69, 9.17) is 4.74 Å². The smallest absolute Gasteiger partial charge is 0.348 e. The molecule has 21 heavy (non-hydrogen) atoms. The summed E-state index contributed by atoms with van der Waals surface area (Å²) in [4.78, 5) is 22.1. The third-order valence-electron chi connectivity index (χ3n) is 2.87. The minimum absolute atomic E-state index is 0.208. The summed E-state index contributed by atoms with van der Waals surface area (Å²) in [5, 5.41) is 0. The minimum atomic E-state index is -0.269. The van der Waals surface area contributed by atoms with E-state index in [1.54, 1.807) is 10.8 Å². The second-order valence-electron chi connectivity index (χ2n) is 4.95. The molecular formula is C14H20N5O2+. The maximum absolute atomic E-state index is 11.7. The monoisotopic (exact) mass is 290 g/mol. The summed E-state index contributed by atoms with van der Waals surface area (Å²) in [5.74, 6) is 1.24. The number of aryl methyl sites for hydroxylation is 1. The highest BCUT2D eigenvalue weighted by Gasteiger charge is 2.09. The molecule has 2 heterocycles. The topological polar surface area (TPSA) is 64.1 Å².